The van der Waals surface area contributed by atoms with Crippen LogP contribution in [-0.4, -0.2) is 11.1 Å². The number of hydrogen-bond donors (Lipinski definition) is 1. The van der Waals surface area contributed by atoms with Crippen LogP contribution < -0.4 is 10.3 Å². The highest BCUT2D eigenvalue weighted by Crippen LogP contribution is 2.10. The molecule has 0 bridgehead atoms. The van der Waals surface area contributed by atoms with Crippen LogP contribution in [0.3, 0.4) is 0 Å². The summed E-state index contributed by atoms with van der Waals surface area (Å²) in [6.45, 7) is 3.69. The van der Waals surface area contributed by atoms with Crippen LogP contribution in [0.2, 0.25) is 0 Å². The Labute approximate surface area is 98.3 Å². The van der Waals surface area contributed by atoms with E-state index in [0.717, 1.165) is 5.56 Å². The van der Waals surface area contributed by atoms with Crippen molar-refractivity contribution in [3.05, 3.63) is 47.3 Å². The third-order valence-corrected chi connectivity index (χ3v) is 2.14. The van der Waals surface area contributed by atoms with Gasteiger partial charge in [0, 0.05) is 6.07 Å². The molecule has 17 heavy (non-hydrogen) atoms. The van der Waals surface area contributed by atoms with E-state index in [-0.39, 0.29) is 5.69 Å². The summed E-state index contributed by atoms with van der Waals surface area (Å²) >= 11 is 0. The first-order chi connectivity index (χ1) is 8.15. The van der Waals surface area contributed by atoms with Crippen molar-refractivity contribution in [3.8, 4) is 5.75 Å². The van der Waals surface area contributed by atoms with Gasteiger partial charge in [-0.2, -0.15) is 5.48 Å². The minimum atomic E-state index is -0.442. The van der Waals surface area contributed by atoms with E-state index in [1.54, 1.807) is 19.1 Å². The summed E-state index contributed by atoms with van der Waals surface area (Å²) in [5.74, 6) is 0.692. The van der Waals surface area contributed by atoms with Crippen LogP contribution in [0.5, 0.6) is 5.75 Å². The molecule has 0 saturated heterocycles. The lowest BCUT2D eigenvalue weighted by atomic mass is 10.2. The van der Waals surface area contributed by atoms with Crippen molar-refractivity contribution in [2.24, 2.45) is 0 Å². The number of carbonyl (C=O) groups is 1. The fraction of sp³-hybridized carbons (Fsp3) is 0.167. The van der Waals surface area contributed by atoms with Crippen LogP contribution in [-0.2, 0) is 0 Å². The predicted molar refractivity (Wildman–Crippen MR) is 60.5 cm³/mol. The van der Waals surface area contributed by atoms with Gasteiger partial charge in [-0.25, -0.2) is 0 Å². The molecule has 5 heteroatoms. The van der Waals surface area contributed by atoms with Crippen LogP contribution >= 0.6 is 0 Å². The molecule has 0 radical (unpaired) electrons. The fourth-order valence-electron chi connectivity index (χ4n) is 1.24. The van der Waals surface area contributed by atoms with Crippen molar-refractivity contribution < 1.29 is 14.2 Å². The fourth-order valence-corrected chi connectivity index (χ4v) is 1.24. The van der Waals surface area contributed by atoms with Crippen LogP contribution in [0.15, 0.2) is 34.9 Å². The molecule has 2 aromatic rings. The van der Waals surface area contributed by atoms with E-state index in [0.29, 0.717) is 11.5 Å². The zero-order valence-corrected chi connectivity index (χ0v) is 9.56. The molecule has 0 aliphatic rings. The molecule has 1 aromatic carbocycles. The molecule has 0 aliphatic heterocycles. The molecule has 0 spiro atoms. The number of benzene rings is 1. The molecule has 2 rings (SSSR count). The number of nitrogens with one attached hydrogen (secondary N) is 1. The van der Waals surface area contributed by atoms with E-state index >= 15 is 0 Å². The number of nitrogens with zero attached hydrogens (tertiary/aromatic N) is 1. The van der Waals surface area contributed by atoms with Gasteiger partial charge in [0.05, 0.1) is 0 Å². The first-order valence-corrected chi connectivity index (χ1v) is 5.12. The van der Waals surface area contributed by atoms with Crippen LogP contribution in [0.1, 0.15) is 21.8 Å². The minimum Gasteiger partial charge on any atom is -0.379 e. The van der Waals surface area contributed by atoms with Gasteiger partial charge < -0.3 is 9.36 Å². The molecule has 0 fully saturated rings. The third-order valence-electron chi connectivity index (χ3n) is 2.14. The molecule has 1 heterocycles. The molecule has 1 aromatic heterocycles. The highest BCUT2D eigenvalue weighted by molar-refractivity contribution is 5.91. The van der Waals surface area contributed by atoms with Gasteiger partial charge in [0.1, 0.15) is 5.76 Å². The first kappa shape index (κ1) is 11.2. The maximum atomic E-state index is 11.5. The zero-order chi connectivity index (χ0) is 12.3. The van der Waals surface area contributed by atoms with E-state index in [9.17, 15) is 4.79 Å². The summed E-state index contributed by atoms with van der Waals surface area (Å²) in [4.78, 5) is 16.6. The number of carbonyl (C=O) groups excluding carboxylic acids is 1. The molecule has 1 amide bonds. The van der Waals surface area contributed by atoms with Crippen molar-refractivity contribution in [1.82, 2.24) is 10.6 Å². The molecular formula is C12H12N2O3. The normalized spacial score (nSPS) is 10.0. The van der Waals surface area contributed by atoms with Gasteiger partial charge in [-0.1, -0.05) is 22.9 Å². The Bertz CT molecular complexity index is 517. The standard InChI is InChI=1S/C12H12N2O3/c1-8-3-5-10(6-4-8)17-14-12(15)11-7-9(2)16-13-11/h3-7H,1-2H3,(H,14,15). The smallest absolute Gasteiger partial charge is 0.306 e. The lowest BCUT2D eigenvalue weighted by Gasteiger charge is -2.05. The predicted octanol–water partition coefficient (Wildman–Crippen LogP) is 2.02. The van der Waals surface area contributed by atoms with Gasteiger partial charge in [-0.3, -0.25) is 4.79 Å². The van der Waals surface area contributed by atoms with Crippen molar-refractivity contribution >= 4 is 5.91 Å². The second-order valence-electron chi connectivity index (χ2n) is 3.67. The van der Waals surface area contributed by atoms with Gasteiger partial charge in [0.15, 0.2) is 11.4 Å². The van der Waals surface area contributed by atoms with Crippen molar-refractivity contribution in [3.63, 3.8) is 0 Å². The average molecular weight is 232 g/mol. The van der Waals surface area contributed by atoms with E-state index in [1.807, 2.05) is 19.1 Å². The van der Waals surface area contributed by atoms with E-state index in [1.165, 1.54) is 6.07 Å². The summed E-state index contributed by atoms with van der Waals surface area (Å²) in [6, 6.07) is 8.85. The molecular weight excluding hydrogens is 220 g/mol. The van der Waals surface area contributed by atoms with Crippen molar-refractivity contribution in [1.29, 1.82) is 0 Å². The van der Waals surface area contributed by atoms with Crippen LogP contribution in [0.25, 0.3) is 0 Å². The number of rotatable bonds is 3. The summed E-state index contributed by atoms with van der Waals surface area (Å²) in [7, 11) is 0. The molecule has 0 unspecified atom stereocenters. The molecule has 1 N–H and O–H groups in total. The van der Waals surface area contributed by atoms with E-state index in [4.69, 9.17) is 9.36 Å². The maximum Gasteiger partial charge on any atom is 0.306 e. The Morgan fingerprint density at radius 1 is 1.29 bits per heavy atom. The zero-order valence-electron chi connectivity index (χ0n) is 9.56. The molecule has 88 valence electrons. The maximum absolute atomic E-state index is 11.5. The van der Waals surface area contributed by atoms with Gasteiger partial charge in [0.25, 0.3) is 0 Å². The minimum absolute atomic E-state index is 0.189. The quantitative estimate of drug-likeness (QED) is 0.822. The molecule has 0 aliphatic carbocycles. The Morgan fingerprint density at radius 2 is 2.00 bits per heavy atom. The SMILES string of the molecule is Cc1ccc(ONC(=O)c2cc(C)on2)cc1. The summed E-state index contributed by atoms with van der Waals surface area (Å²) in [5, 5.41) is 3.58. The number of aryl methyl sites for hydroxylation is 2. The van der Waals surface area contributed by atoms with Gasteiger partial charge in [-0.15, -0.1) is 0 Å². The molecule has 5 nitrogen and oxygen atoms in total. The van der Waals surface area contributed by atoms with Crippen molar-refractivity contribution in [2.75, 3.05) is 0 Å². The number of aromatic nitrogens is 1. The Morgan fingerprint density at radius 3 is 2.59 bits per heavy atom. The molecule has 0 atom stereocenters. The summed E-state index contributed by atoms with van der Waals surface area (Å²) < 4.78 is 4.79. The number of hydroxylamine groups is 1. The highest BCUT2D eigenvalue weighted by atomic mass is 16.7. The average Bonchev–Trinajstić information content (AvgIpc) is 2.75. The second-order valence-corrected chi connectivity index (χ2v) is 3.67. The second kappa shape index (κ2) is 4.69. The van der Waals surface area contributed by atoms with Gasteiger partial charge >= 0.3 is 5.91 Å². The van der Waals surface area contributed by atoms with Crippen LogP contribution in [0, 0.1) is 13.8 Å². The lowest BCUT2D eigenvalue weighted by molar-refractivity contribution is 0.0750. The third kappa shape index (κ3) is 2.84. The topological polar surface area (TPSA) is 64.4 Å². The summed E-state index contributed by atoms with van der Waals surface area (Å²) in [5.41, 5.74) is 3.60. The van der Waals surface area contributed by atoms with Crippen molar-refractivity contribution in [2.45, 2.75) is 13.8 Å². The highest BCUT2D eigenvalue weighted by Gasteiger charge is 2.10. The number of amides is 1. The Kier molecular flexibility index (Phi) is 3.09. The number of hydrogen-bond acceptors (Lipinski definition) is 4. The monoisotopic (exact) mass is 232 g/mol. The lowest BCUT2D eigenvalue weighted by Crippen LogP contribution is -2.27. The van der Waals surface area contributed by atoms with Crippen LogP contribution in [0.4, 0.5) is 0 Å². The van der Waals surface area contributed by atoms with Gasteiger partial charge in [0.2, 0.25) is 0 Å². The van der Waals surface area contributed by atoms with E-state index in [2.05, 4.69) is 10.6 Å². The first-order valence-electron chi connectivity index (χ1n) is 5.12. The Balaban J connectivity index is 1.94. The largest absolute Gasteiger partial charge is 0.379 e. The summed E-state index contributed by atoms with van der Waals surface area (Å²) in [6.07, 6.45) is 0. The van der Waals surface area contributed by atoms with Gasteiger partial charge in [-0.05, 0) is 26.0 Å². The van der Waals surface area contributed by atoms with E-state index < -0.39 is 5.91 Å². The molecule has 0 saturated carbocycles. The Hall–Kier alpha value is -2.30.